The SMILES string of the molecule is CC(C)c1ccc(CCNC(=O)CN2CCC(C)C(O)C2)cc1. The summed E-state index contributed by atoms with van der Waals surface area (Å²) < 4.78 is 0. The zero-order valence-electron chi connectivity index (χ0n) is 14.6. The van der Waals surface area contributed by atoms with Gasteiger partial charge in [0.25, 0.3) is 0 Å². The van der Waals surface area contributed by atoms with Crippen molar-refractivity contribution in [3.63, 3.8) is 0 Å². The molecule has 1 aromatic rings. The summed E-state index contributed by atoms with van der Waals surface area (Å²) in [7, 11) is 0. The molecule has 1 aliphatic heterocycles. The van der Waals surface area contributed by atoms with Crippen LogP contribution in [0.4, 0.5) is 0 Å². The summed E-state index contributed by atoms with van der Waals surface area (Å²) in [6.07, 6.45) is 1.50. The van der Waals surface area contributed by atoms with E-state index in [1.165, 1.54) is 11.1 Å². The number of β-amino-alcohol motifs (C(OH)–C–C–N with tert-alkyl or cyclic N) is 1. The third kappa shape index (κ3) is 5.63. The average Bonchev–Trinajstić information content (AvgIpc) is 2.51. The molecule has 4 heteroatoms. The molecule has 1 saturated heterocycles. The largest absolute Gasteiger partial charge is 0.392 e. The Bertz CT molecular complexity index is 499. The number of carbonyl (C=O) groups is 1. The number of likely N-dealkylation sites (tertiary alicyclic amines) is 1. The second-order valence-corrected chi connectivity index (χ2v) is 7.06. The fourth-order valence-electron chi connectivity index (χ4n) is 2.93. The van der Waals surface area contributed by atoms with Crippen molar-refractivity contribution >= 4 is 5.91 Å². The predicted molar refractivity (Wildman–Crippen MR) is 93.5 cm³/mol. The Morgan fingerprint density at radius 2 is 2.04 bits per heavy atom. The number of aliphatic hydroxyl groups excluding tert-OH is 1. The first-order valence-electron chi connectivity index (χ1n) is 8.71. The monoisotopic (exact) mass is 318 g/mol. The number of hydrogen-bond donors (Lipinski definition) is 2. The van der Waals surface area contributed by atoms with E-state index >= 15 is 0 Å². The van der Waals surface area contributed by atoms with Gasteiger partial charge in [-0.25, -0.2) is 0 Å². The minimum absolute atomic E-state index is 0.0468. The Morgan fingerprint density at radius 1 is 1.35 bits per heavy atom. The highest BCUT2D eigenvalue weighted by molar-refractivity contribution is 5.78. The number of carbonyl (C=O) groups excluding carboxylic acids is 1. The second-order valence-electron chi connectivity index (χ2n) is 7.06. The number of rotatable bonds is 6. The van der Waals surface area contributed by atoms with Gasteiger partial charge in [-0.05, 0) is 42.3 Å². The van der Waals surface area contributed by atoms with Crippen molar-refractivity contribution in [3.8, 4) is 0 Å². The molecule has 1 heterocycles. The van der Waals surface area contributed by atoms with Crippen LogP contribution in [0.5, 0.6) is 0 Å². The van der Waals surface area contributed by atoms with Gasteiger partial charge in [-0.1, -0.05) is 45.0 Å². The van der Waals surface area contributed by atoms with E-state index in [-0.39, 0.29) is 12.0 Å². The van der Waals surface area contributed by atoms with Gasteiger partial charge in [0.2, 0.25) is 5.91 Å². The van der Waals surface area contributed by atoms with E-state index in [9.17, 15) is 9.90 Å². The average molecular weight is 318 g/mol. The molecule has 4 nitrogen and oxygen atoms in total. The molecule has 0 spiro atoms. The molecule has 2 N–H and O–H groups in total. The lowest BCUT2D eigenvalue weighted by atomic mass is 9.96. The van der Waals surface area contributed by atoms with Crippen molar-refractivity contribution in [2.75, 3.05) is 26.2 Å². The summed E-state index contributed by atoms with van der Waals surface area (Å²) in [5.74, 6) is 0.931. The van der Waals surface area contributed by atoms with Gasteiger partial charge >= 0.3 is 0 Å². The lowest BCUT2D eigenvalue weighted by molar-refractivity contribution is -0.123. The van der Waals surface area contributed by atoms with Crippen molar-refractivity contribution in [1.29, 1.82) is 0 Å². The van der Waals surface area contributed by atoms with E-state index in [2.05, 4.69) is 50.4 Å². The highest BCUT2D eigenvalue weighted by Gasteiger charge is 2.25. The molecule has 0 bridgehead atoms. The first-order valence-corrected chi connectivity index (χ1v) is 8.71. The smallest absolute Gasteiger partial charge is 0.234 e. The number of nitrogens with one attached hydrogen (secondary N) is 1. The van der Waals surface area contributed by atoms with E-state index < -0.39 is 0 Å². The van der Waals surface area contributed by atoms with Crippen LogP contribution in [0.15, 0.2) is 24.3 Å². The van der Waals surface area contributed by atoms with E-state index in [0.717, 1.165) is 19.4 Å². The van der Waals surface area contributed by atoms with E-state index in [4.69, 9.17) is 0 Å². The van der Waals surface area contributed by atoms with Gasteiger partial charge in [0.05, 0.1) is 12.6 Å². The van der Waals surface area contributed by atoms with Crippen LogP contribution in [0.3, 0.4) is 0 Å². The van der Waals surface area contributed by atoms with E-state index in [1.807, 2.05) is 4.90 Å². The fourth-order valence-corrected chi connectivity index (χ4v) is 2.93. The molecule has 1 aromatic carbocycles. The number of amides is 1. The van der Waals surface area contributed by atoms with Crippen molar-refractivity contribution in [2.45, 2.75) is 45.6 Å². The summed E-state index contributed by atoms with van der Waals surface area (Å²) in [5.41, 5.74) is 2.59. The highest BCUT2D eigenvalue weighted by atomic mass is 16.3. The topological polar surface area (TPSA) is 52.6 Å². The molecule has 0 saturated carbocycles. The Kier molecular flexibility index (Phi) is 6.60. The number of hydrogen-bond acceptors (Lipinski definition) is 3. The summed E-state index contributed by atoms with van der Waals surface area (Å²) in [4.78, 5) is 14.0. The predicted octanol–water partition coefficient (Wildman–Crippen LogP) is 2.17. The number of piperidine rings is 1. The molecular weight excluding hydrogens is 288 g/mol. The summed E-state index contributed by atoms with van der Waals surface area (Å²) in [5, 5.41) is 12.9. The maximum Gasteiger partial charge on any atom is 0.234 e. The Hall–Kier alpha value is -1.39. The lowest BCUT2D eigenvalue weighted by Crippen LogP contribution is -2.47. The van der Waals surface area contributed by atoms with Crippen molar-refractivity contribution in [2.24, 2.45) is 5.92 Å². The normalized spacial score (nSPS) is 22.3. The van der Waals surface area contributed by atoms with Crippen molar-refractivity contribution < 1.29 is 9.90 Å². The summed E-state index contributed by atoms with van der Waals surface area (Å²) in [6.45, 7) is 8.98. The van der Waals surface area contributed by atoms with Crippen LogP contribution in [-0.2, 0) is 11.2 Å². The molecule has 0 radical (unpaired) electrons. The molecular formula is C19H30N2O2. The number of nitrogens with zero attached hydrogens (tertiary/aromatic N) is 1. The zero-order valence-corrected chi connectivity index (χ0v) is 14.6. The van der Waals surface area contributed by atoms with Gasteiger partial charge < -0.3 is 10.4 Å². The van der Waals surface area contributed by atoms with Crippen LogP contribution in [0.25, 0.3) is 0 Å². The molecule has 2 rings (SSSR count). The van der Waals surface area contributed by atoms with Gasteiger partial charge in [0.1, 0.15) is 0 Å². The quantitative estimate of drug-likeness (QED) is 0.845. The van der Waals surface area contributed by atoms with Gasteiger partial charge in [0.15, 0.2) is 0 Å². The van der Waals surface area contributed by atoms with Gasteiger partial charge in [0, 0.05) is 13.1 Å². The summed E-state index contributed by atoms with van der Waals surface area (Å²) >= 11 is 0. The minimum atomic E-state index is -0.309. The zero-order chi connectivity index (χ0) is 16.8. The second kappa shape index (κ2) is 8.46. The molecule has 1 aliphatic rings. The van der Waals surface area contributed by atoms with Crippen LogP contribution in [0.1, 0.15) is 44.2 Å². The number of aliphatic hydroxyl groups is 1. The van der Waals surface area contributed by atoms with Gasteiger partial charge in [-0.2, -0.15) is 0 Å². The molecule has 1 amide bonds. The first kappa shape index (κ1) is 18.0. The molecule has 0 aliphatic carbocycles. The van der Waals surface area contributed by atoms with Gasteiger partial charge in [-0.3, -0.25) is 9.69 Å². The van der Waals surface area contributed by atoms with Gasteiger partial charge in [-0.15, -0.1) is 0 Å². The van der Waals surface area contributed by atoms with Crippen LogP contribution < -0.4 is 5.32 Å². The Labute approximate surface area is 139 Å². The minimum Gasteiger partial charge on any atom is -0.392 e. The summed E-state index contributed by atoms with van der Waals surface area (Å²) in [6, 6.07) is 8.62. The molecule has 0 aromatic heterocycles. The molecule has 2 unspecified atom stereocenters. The highest BCUT2D eigenvalue weighted by Crippen LogP contribution is 2.16. The molecule has 23 heavy (non-hydrogen) atoms. The standard InChI is InChI=1S/C19H30N2O2/c1-14(2)17-6-4-16(5-7-17)8-10-20-19(23)13-21-11-9-15(3)18(22)12-21/h4-7,14-15,18,22H,8-13H2,1-3H3,(H,20,23). The number of benzene rings is 1. The van der Waals surface area contributed by atoms with E-state index in [1.54, 1.807) is 0 Å². The first-order chi connectivity index (χ1) is 11.0. The molecule has 128 valence electrons. The third-order valence-corrected chi connectivity index (χ3v) is 4.75. The Balaban J connectivity index is 1.68. The van der Waals surface area contributed by atoms with Crippen LogP contribution in [0, 0.1) is 5.92 Å². The van der Waals surface area contributed by atoms with Crippen LogP contribution in [-0.4, -0.2) is 48.2 Å². The van der Waals surface area contributed by atoms with Crippen molar-refractivity contribution in [3.05, 3.63) is 35.4 Å². The third-order valence-electron chi connectivity index (χ3n) is 4.75. The van der Waals surface area contributed by atoms with Crippen LogP contribution >= 0.6 is 0 Å². The molecule has 1 fully saturated rings. The van der Waals surface area contributed by atoms with E-state index in [0.29, 0.717) is 31.5 Å². The lowest BCUT2D eigenvalue weighted by Gasteiger charge is -2.33. The van der Waals surface area contributed by atoms with Crippen LogP contribution in [0.2, 0.25) is 0 Å². The fraction of sp³-hybridized carbons (Fsp3) is 0.632. The molecule has 2 atom stereocenters. The Morgan fingerprint density at radius 3 is 2.65 bits per heavy atom. The van der Waals surface area contributed by atoms with Crippen molar-refractivity contribution in [1.82, 2.24) is 10.2 Å². The maximum atomic E-state index is 12.0. The maximum absolute atomic E-state index is 12.0.